The summed E-state index contributed by atoms with van der Waals surface area (Å²) >= 11 is 0. The van der Waals surface area contributed by atoms with Crippen molar-refractivity contribution in [3.05, 3.63) is 83.5 Å². The maximum Gasteiger partial charge on any atom is 0.319 e. The van der Waals surface area contributed by atoms with Crippen molar-refractivity contribution in [2.75, 3.05) is 10.6 Å². The smallest absolute Gasteiger partial charge is 0.319 e. The molecular formula is C27H24N4O4. The predicted molar refractivity (Wildman–Crippen MR) is 131 cm³/mol. The molecule has 3 atom stereocenters. The van der Waals surface area contributed by atoms with Crippen molar-refractivity contribution in [2.24, 2.45) is 5.92 Å². The van der Waals surface area contributed by atoms with E-state index in [0.29, 0.717) is 47.2 Å². The van der Waals surface area contributed by atoms with Crippen LogP contribution >= 0.6 is 0 Å². The van der Waals surface area contributed by atoms with Crippen LogP contribution in [0.2, 0.25) is 0 Å². The number of allylic oxidation sites excluding steroid dienone is 4. The van der Waals surface area contributed by atoms with E-state index in [4.69, 9.17) is 15.9 Å². The largest absolute Gasteiger partial charge is 0.487 e. The molecule has 0 unspecified atom stereocenters. The molecule has 1 aromatic carbocycles. The van der Waals surface area contributed by atoms with Gasteiger partial charge in [0.2, 0.25) is 5.91 Å². The van der Waals surface area contributed by atoms with Gasteiger partial charge in [-0.15, -0.1) is 6.42 Å². The average molecular weight is 469 g/mol. The minimum Gasteiger partial charge on any atom is -0.487 e. The number of carbonyl (C=O) groups excluding carboxylic acids is 2. The van der Waals surface area contributed by atoms with Gasteiger partial charge in [0.25, 0.3) is 0 Å². The second-order valence-corrected chi connectivity index (χ2v) is 8.58. The van der Waals surface area contributed by atoms with Gasteiger partial charge in [-0.2, -0.15) is 0 Å². The SMILES string of the molecule is C#Cc1cccc(NC(=O)N[C@@H]2[C@H]3O/C(=C/C=C(\C)Oc4ccnc5c4CCC(=O)N5)C(=C)[C@@H]23)c1. The third-order valence-corrected chi connectivity index (χ3v) is 6.13. The van der Waals surface area contributed by atoms with E-state index in [9.17, 15) is 9.59 Å². The normalized spacial score (nSPS) is 23.4. The average Bonchev–Trinajstić information content (AvgIpc) is 3.40. The summed E-state index contributed by atoms with van der Waals surface area (Å²) in [7, 11) is 0. The molecule has 0 spiro atoms. The van der Waals surface area contributed by atoms with Gasteiger partial charge in [0, 0.05) is 29.4 Å². The fourth-order valence-corrected chi connectivity index (χ4v) is 4.31. The summed E-state index contributed by atoms with van der Waals surface area (Å²) in [6.07, 6.45) is 11.5. The summed E-state index contributed by atoms with van der Waals surface area (Å²) in [5.41, 5.74) is 3.04. The van der Waals surface area contributed by atoms with E-state index in [0.717, 1.165) is 11.1 Å². The van der Waals surface area contributed by atoms with Crippen molar-refractivity contribution >= 4 is 23.4 Å². The van der Waals surface area contributed by atoms with E-state index in [2.05, 4.69) is 33.4 Å². The molecule has 2 aliphatic heterocycles. The highest BCUT2D eigenvalue weighted by atomic mass is 16.5. The lowest BCUT2D eigenvalue weighted by Crippen LogP contribution is -2.34. The summed E-state index contributed by atoms with van der Waals surface area (Å²) in [4.78, 5) is 28.2. The van der Waals surface area contributed by atoms with Crippen LogP contribution in [0.1, 0.15) is 24.5 Å². The van der Waals surface area contributed by atoms with Crippen LogP contribution in [0.3, 0.4) is 0 Å². The van der Waals surface area contributed by atoms with E-state index in [1.807, 2.05) is 19.1 Å². The minimum absolute atomic E-state index is 0.0366. The molecule has 0 bridgehead atoms. The van der Waals surface area contributed by atoms with E-state index >= 15 is 0 Å². The van der Waals surface area contributed by atoms with Crippen molar-refractivity contribution in [1.29, 1.82) is 0 Å². The third-order valence-electron chi connectivity index (χ3n) is 6.13. The number of urea groups is 1. The molecule has 1 saturated carbocycles. The second-order valence-electron chi connectivity index (χ2n) is 8.58. The lowest BCUT2D eigenvalue weighted by molar-refractivity contribution is -0.116. The van der Waals surface area contributed by atoms with Crippen molar-refractivity contribution in [2.45, 2.75) is 31.9 Å². The van der Waals surface area contributed by atoms with Gasteiger partial charge in [0.15, 0.2) is 0 Å². The van der Waals surface area contributed by atoms with Crippen LogP contribution in [0.15, 0.2) is 72.4 Å². The molecular weight excluding hydrogens is 444 g/mol. The molecule has 35 heavy (non-hydrogen) atoms. The third kappa shape index (κ3) is 4.62. The Hall–Kier alpha value is -4.51. The number of ether oxygens (including phenoxy) is 2. The van der Waals surface area contributed by atoms with E-state index < -0.39 is 0 Å². The number of benzene rings is 1. The van der Waals surface area contributed by atoms with Crippen molar-refractivity contribution in [1.82, 2.24) is 10.3 Å². The first kappa shape index (κ1) is 22.3. The van der Waals surface area contributed by atoms with Gasteiger partial charge < -0.3 is 25.4 Å². The zero-order valence-corrected chi connectivity index (χ0v) is 19.1. The van der Waals surface area contributed by atoms with Crippen LogP contribution in [0.5, 0.6) is 5.75 Å². The second kappa shape index (κ2) is 9.03. The summed E-state index contributed by atoms with van der Waals surface area (Å²) in [5.74, 6) is 5.08. The van der Waals surface area contributed by atoms with Gasteiger partial charge in [-0.1, -0.05) is 18.6 Å². The zero-order valence-electron chi connectivity index (χ0n) is 19.1. The Kier molecular flexibility index (Phi) is 5.75. The molecule has 176 valence electrons. The molecule has 2 fully saturated rings. The Morgan fingerprint density at radius 1 is 1.37 bits per heavy atom. The first-order chi connectivity index (χ1) is 16.9. The van der Waals surface area contributed by atoms with Crippen LogP contribution in [-0.2, 0) is 16.0 Å². The Morgan fingerprint density at radius 3 is 3.00 bits per heavy atom. The number of terminal acetylenes is 1. The summed E-state index contributed by atoms with van der Waals surface area (Å²) in [6.45, 7) is 5.98. The number of pyridine rings is 1. The van der Waals surface area contributed by atoms with Crippen molar-refractivity contribution < 1.29 is 19.1 Å². The Labute approximate surface area is 203 Å². The molecule has 1 aliphatic carbocycles. The molecule has 8 heteroatoms. The minimum atomic E-state index is -0.318. The monoisotopic (exact) mass is 468 g/mol. The topological polar surface area (TPSA) is 102 Å². The number of rotatable bonds is 5. The number of fused-ring (bicyclic) bond motifs is 2. The van der Waals surface area contributed by atoms with Crippen molar-refractivity contribution in [3.8, 4) is 18.1 Å². The molecule has 3 aliphatic rings. The van der Waals surface area contributed by atoms with Crippen LogP contribution in [0, 0.1) is 18.3 Å². The lowest BCUT2D eigenvalue weighted by Gasteiger charge is -2.18. The molecule has 5 rings (SSSR count). The summed E-state index contributed by atoms with van der Waals surface area (Å²) in [6, 6.07) is 8.43. The molecule has 8 nitrogen and oxygen atoms in total. The molecule has 3 amide bonds. The van der Waals surface area contributed by atoms with Crippen LogP contribution in [0.4, 0.5) is 16.3 Å². The molecule has 1 saturated heterocycles. The highest BCUT2D eigenvalue weighted by Gasteiger charge is 2.60. The molecule has 1 aromatic heterocycles. The van der Waals surface area contributed by atoms with E-state index in [-0.39, 0.29) is 30.0 Å². The van der Waals surface area contributed by atoms with Crippen molar-refractivity contribution in [3.63, 3.8) is 0 Å². The fraction of sp³-hybridized carbons (Fsp3) is 0.222. The van der Waals surface area contributed by atoms with Gasteiger partial charge >= 0.3 is 6.03 Å². The standard InChI is InChI=1S/C27H24N4O4/c1-4-17-6-5-7-18(14-17)29-27(33)31-24-23-16(3)20(35-25(23)24)10-8-15(2)34-21-12-13-28-26-19(21)9-11-22(32)30-26/h1,5-8,10,12-14,23-25H,3,9,11H2,2H3,(H,28,30,32)(H2,29,31,33)/b15-8+,20-10+/t23-,24-,25-/m0/s1. The van der Waals surface area contributed by atoms with Gasteiger partial charge in [-0.25, -0.2) is 9.78 Å². The van der Waals surface area contributed by atoms with Gasteiger partial charge in [-0.3, -0.25) is 4.79 Å². The highest BCUT2D eigenvalue weighted by Crippen LogP contribution is 2.50. The van der Waals surface area contributed by atoms with Crippen LogP contribution in [-0.4, -0.2) is 29.1 Å². The number of hydrogen-bond donors (Lipinski definition) is 3. The first-order valence-electron chi connectivity index (χ1n) is 11.3. The number of nitrogens with one attached hydrogen (secondary N) is 3. The Bertz CT molecular complexity index is 1340. The predicted octanol–water partition coefficient (Wildman–Crippen LogP) is 3.89. The lowest BCUT2D eigenvalue weighted by atomic mass is 10.1. The van der Waals surface area contributed by atoms with Crippen LogP contribution < -0.4 is 20.7 Å². The zero-order chi connectivity index (χ0) is 24.5. The van der Waals surface area contributed by atoms with Gasteiger partial charge in [0.05, 0.1) is 12.0 Å². The van der Waals surface area contributed by atoms with Crippen LogP contribution in [0.25, 0.3) is 0 Å². The van der Waals surface area contributed by atoms with E-state index in [1.165, 1.54) is 0 Å². The molecule has 2 aromatic rings. The number of anilines is 2. The molecule has 3 heterocycles. The van der Waals surface area contributed by atoms with Gasteiger partial charge in [0.1, 0.15) is 29.2 Å². The quantitative estimate of drug-likeness (QED) is 0.457. The number of amides is 3. The maximum atomic E-state index is 12.4. The molecule has 3 N–H and O–H groups in total. The number of hydrogen-bond acceptors (Lipinski definition) is 5. The Morgan fingerprint density at radius 2 is 2.23 bits per heavy atom. The van der Waals surface area contributed by atoms with E-state index in [1.54, 1.807) is 36.5 Å². The molecule has 0 radical (unpaired) electrons. The van der Waals surface area contributed by atoms with Gasteiger partial charge in [-0.05, 0) is 55.3 Å². The summed E-state index contributed by atoms with van der Waals surface area (Å²) < 4.78 is 12.0. The highest BCUT2D eigenvalue weighted by molar-refractivity contribution is 5.93. The number of carbonyl (C=O) groups is 2. The number of aromatic nitrogens is 1. The number of nitrogens with zero attached hydrogens (tertiary/aromatic N) is 1. The Balaban J connectivity index is 1.16. The fourth-order valence-electron chi connectivity index (χ4n) is 4.31. The summed E-state index contributed by atoms with van der Waals surface area (Å²) in [5, 5.41) is 8.49. The maximum absolute atomic E-state index is 12.4. The first-order valence-corrected chi connectivity index (χ1v) is 11.3.